The molecule has 3 nitrogen and oxygen atoms in total. The fourth-order valence-corrected chi connectivity index (χ4v) is 2.66. The molecular weight excluding hydrogens is 459 g/mol. The molecule has 0 spiro atoms. The number of carbonyl (C=O) groups is 1. The highest BCUT2D eigenvalue weighted by atomic mass is 19.4. The maximum atomic E-state index is 14.2. The van der Waals surface area contributed by atoms with Crippen molar-refractivity contribution in [2.45, 2.75) is 29.5 Å². The van der Waals surface area contributed by atoms with E-state index in [1.165, 1.54) is 0 Å². The van der Waals surface area contributed by atoms with Gasteiger partial charge in [0.2, 0.25) is 0 Å². The van der Waals surface area contributed by atoms with Crippen LogP contribution in [0.3, 0.4) is 0 Å². The van der Waals surface area contributed by atoms with Crippen LogP contribution in [-0.4, -0.2) is 49.9 Å². The summed E-state index contributed by atoms with van der Waals surface area (Å²) in [4.78, 5) is 12.0. The lowest BCUT2D eigenvalue weighted by Gasteiger charge is -2.35. The van der Waals surface area contributed by atoms with E-state index in [0.29, 0.717) is 12.1 Å². The van der Waals surface area contributed by atoms with Gasteiger partial charge in [-0.25, -0.2) is 8.78 Å². The molecule has 0 radical (unpaired) electrons. The first-order valence-electron chi connectivity index (χ1n) is 8.12. The number of halogens is 11. The van der Waals surface area contributed by atoms with Crippen LogP contribution in [-0.2, 0) is 10.7 Å². The van der Waals surface area contributed by atoms with Crippen LogP contribution in [0.15, 0.2) is 24.3 Å². The van der Waals surface area contributed by atoms with Gasteiger partial charge in [-0.1, -0.05) is 0 Å². The summed E-state index contributed by atoms with van der Waals surface area (Å²) in [7, 11) is 1.02. The van der Waals surface area contributed by atoms with E-state index in [0.717, 1.165) is 7.05 Å². The zero-order chi connectivity index (χ0) is 24.0. The van der Waals surface area contributed by atoms with Crippen LogP contribution >= 0.6 is 0 Å². The largest absolute Gasteiger partial charge is 0.477 e. The van der Waals surface area contributed by atoms with Crippen molar-refractivity contribution >= 4 is 11.5 Å². The van der Waals surface area contributed by atoms with Gasteiger partial charge in [0.05, 0.1) is 5.57 Å². The fourth-order valence-electron chi connectivity index (χ4n) is 2.66. The van der Waals surface area contributed by atoms with Crippen LogP contribution in [0, 0.1) is 0 Å². The number of benzene rings is 1. The molecule has 0 saturated heterocycles. The number of carbonyl (C=O) groups excluding carboxylic acids is 1. The van der Waals surface area contributed by atoms with Gasteiger partial charge in [-0.3, -0.25) is 4.79 Å². The van der Waals surface area contributed by atoms with Crippen molar-refractivity contribution in [2.75, 3.05) is 20.4 Å². The predicted octanol–water partition coefficient (Wildman–Crippen LogP) is 4.81. The van der Waals surface area contributed by atoms with Crippen molar-refractivity contribution < 1.29 is 57.8 Å². The minimum Gasteiger partial charge on any atom is -0.477 e. The number of hydrogen-bond donors (Lipinski definition) is 1. The quantitative estimate of drug-likeness (QED) is 0.605. The zero-order valence-corrected chi connectivity index (χ0v) is 15.2. The zero-order valence-electron chi connectivity index (χ0n) is 15.2. The third-order valence-corrected chi connectivity index (χ3v) is 4.42. The molecule has 1 heterocycles. The second kappa shape index (κ2) is 7.55. The molecule has 1 amide bonds. The lowest BCUT2D eigenvalue weighted by atomic mass is 9.89. The molecule has 0 bridgehead atoms. The number of likely N-dealkylation sites (N-methyl/N-ethyl adjacent to an activating group) is 1. The van der Waals surface area contributed by atoms with Crippen LogP contribution < -0.4 is 10.1 Å². The summed E-state index contributed by atoms with van der Waals surface area (Å²) >= 11 is 0. The molecule has 31 heavy (non-hydrogen) atoms. The highest BCUT2D eigenvalue weighted by Crippen LogP contribution is 2.57. The average Bonchev–Trinajstić information content (AvgIpc) is 2.70. The number of hydrogen-bond acceptors (Lipinski definition) is 2. The lowest BCUT2D eigenvalue weighted by molar-refractivity contribution is -0.399. The van der Waals surface area contributed by atoms with Gasteiger partial charge < -0.3 is 10.1 Å². The molecule has 174 valence electrons. The number of alkyl halides is 11. The number of ether oxygens (including phenoxy) is 1. The molecule has 0 aliphatic carbocycles. The monoisotopic (exact) mass is 471 g/mol. The number of rotatable bonds is 6. The van der Waals surface area contributed by atoms with Gasteiger partial charge in [0.15, 0.2) is 5.60 Å². The Balaban J connectivity index is 2.68. The summed E-state index contributed by atoms with van der Waals surface area (Å²) in [6.07, 6.45) is -6.48. The Kier molecular flexibility index (Phi) is 6.02. The van der Waals surface area contributed by atoms with E-state index in [1.807, 2.05) is 5.32 Å². The number of fused-ring (bicyclic) bond motifs is 1. The molecule has 0 atom stereocenters. The molecule has 1 aliphatic rings. The third-order valence-electron chi connectivity index (χ3n) is 4.42. The molecule has 2 rings (SSSR count). The van der Waals surface area contributed by atoms with E-state index in [1.54, 1.807) is 0 Å². The fraction of sp³-hybridized carbons (Fsp3) is 0.471. The Labute approximate surface area is 166 Å². The Morgan fingerprint density at radius 1 is 0.968 bits per heavy atom. The van der Waals surface area contributed by atoms with E-state index in [2.05, 4.69) is 0 Å². The van der Waals surface area contributed by atoms with E-state index >= 15 is 0 Å². The standard InChI is InChI=1S/C17H12F11NO2/c1-29-12(30)10-5-13(6-18,7-19)31-11-3-2-8(4-9(10)11)14(20,21)15(22,23)16(24,25)17(26,27)28/h2-5H,6-7H2,1H3,(H,29,30). The normalized spacial score (nSPS) is 16.8. The van der Waals surface area contributed by atoms with Gasteiger partial charge >= 0.3 is 23.9 Å². The van der Waals surface area contributed by atoms with Crippen molar-refractivity contribution in [2.24, 2.45) is 0 Å². The molecular formula is C17H12F11NO2. The summed E-state index contributed by atoms with van der Waals surface area (Å²) in [6, 6.07) is 0.431. The smallest absolute Gasteiger partial charge is 0.460 e. The molecule has 0 aromatic heterocycles. The van der Waals surface area contributed by atoms with Crippen LogP contribution in [0.5, 0.6) is 5.75 Å². The second-order valence-electron chi connectivity index (χ2n) is 6.50. The number of amides is 1. The Morgan fingerprint density at radius 3 is 1.97 bits per heavy atom. The van der Waals surface area contributed by atoms with E-state index in [-0.39, 0.29) is 12.1 Å². The van der Waals surface area contributed by atoms with Crippen molar-refractivity contribution in [3.63, 3.8) is 0 Å². The molecule has 0 saturated carbocycles. The topological polar surface area (TPSA) is 38.3 Å². The highest BCUT2D eigenvalue weighted by Gasteiger charge is 2.82. The van der Waals surface area contributed by atoms with Gasteiger partial charge in [0.25, 0.3) is 5.91 Å². The third kappa shape index (κ3) is 3.69. The van der Waals surface area contributed by atoms with Gasteiger partial charge in [-0.2, -0.15) is 39.5 Å². The SMILES string of the molecule is CNC(=O)C1=CC(CF)(CF)Oc2ccc(C(F)(F)C(F)(F)C(F)(F)C(F)(F)F)cc21. The summed E-state index contributed by atoms with van der Waals surface area (Å²) in [5.74, 6) is -21.9. The first-order chi connectivity index (χ1) is 14.0. The van der Waals surface area contributed by atoms with Crippen LogP contribution in [0.1, 0.15) is 11.1 Å². The van der Waals surface area contributed by atoms with E-state index in [9.17, 15) is 53.1 Å². The highest BCUT2D eigenvalue weighted by molar-refractivity contribution is 6.20. The van der Waals surface area contributed by atoms with Crippen LogP contribution in [0.2, 0.25) is 0 Å². The Morgan fingerprint density at radius 2 is 1.52 bits per heavy atom. The van der Waals surface area contributed by atoms with Crippen molar-refractivity contribution in [1.82, 2.24) is 5.32 Å². The Hall–Kier alpha value is -2.54. The maximum Gasteiger partial charge on any atom is 0.460 e. The molecule has 0 fully saturated rings. The van der Waals surface area contributed by atoms with Crippen LogP contribution in [0.4, 0.5) is 48.3 Å². The Bertz CT molecular complexity index is 889. The van der Waals surface area contributed by atoms with Crippen LogP contribution in [0.25, 0.3) is 5.57 Å². The molecule has 14 heteroatoms. The lowest BCUT2D eigenvalue weighted by Crippen LogP contribution is -2.59. The summed E-state index contributed by atoms with van der Waals surface area (Å²) in [6.45, 7) is -3.09. The summed E-state index contributed by atoms with van der Waals surface area (Å²) < 4.78 is 151. The molecule has 1 N–H and O–H groups in total. The minimum absolute atomic E-state index is 0.0111. The first-order valence-corrected chi connectivity index (χ1v) is 8.12. The number of nitrogens with one attached hydrogen (secondary N) is 1. The maximum absolute atomic E-state index is 14.2. The van der Waals surface area contributed by atoms with Crippen molar-refractivity contribution in [3.8, 4) is 5.75 Å². The van der Waals surface area contributed by atoms with E-state index < -0.39 is 71.3 Å². The molecule has 0 unspecified atom stereocenters. The molecule has 1 aromatic carbocycles. The van der Waals surface area contributed by atoms with Crippen molar-refractivity contribution in [1.29, 1.82) is 0 Å². The first kappa shape index (κ1) is 24.7. The van der Waals surface area contributed by atoms with Gasteiger partial charge in [0, 0.05) is 18.2 Å². The van der Waals surface area contributed by atoms with Crippen molar-refractivity contribution in [3.05, 3.63) is 35.4 Å². The average molecular weight is 471 g/mol. The second-order valence-corrected chi connectivity index (χ2v) is 6.50. The summed E-state index contributed by atoms with van der Waals surface area (Å²) in [5, 5.41) is 1.98. The molecule has 1 aliphatic heterocycles. The molecule has 1 aromatic rings. The van der Waals surface area contributed by atoms with Gasteiger partial charge in [-0.15, -0.1) is 0 Å². The summed E-state index contributed by atoms with van der Waals surface area (Å²) in [5.41, 5.74) is -5.92. The minimum atomic E-state index is -7.12. The van der Waals surface area contributed by atoms with Gasteiger partial charge in [0.1, 0.15) is 19.1 Å². The van der Waals surface area contributed by atoms with E-state index in [4.69, 9.17) is 4.74 Å². The van der Waals surface area contributed by atoms with Gasteiger partial charge in [-0.05, 0) is 24.3 Å². The predicted molar refractivity (Wildman–Crippen MR) is 83.6 cm³/mol.